The van der Waals surface area contributed by atoms with Crippen molar-refractivity contribution >= 4 is 44.2 Å². The van der Waals surface area contributed by atoms with Gasteiger partial charge >= 0.3 is 0 Å². The summed E-state index contributed by atoms with van der Waals surface area (Å²) >= 11 is 7.87. The van der Waals surface area contributed by atoms with Gasteiger partial charge in [-0.05, 0) is 31.2 Å². The Bertz CT molecular complexity index is 950. The van der Waals surface area contributed by atoms with Crippen molar-refractivity contribution in [2.75, 3.05) is 37.7 Å². The van der Waals surface area contributed by atoms with Crippen molar-refractivity contribution in [1.29, 1.82) is 0 Å². The Hall–Kier alpha value is -2.31. The summed E-state index contributed by atoms with van der Waals surface area (Å²) in [4.78, 5) is 21.2. The summed E-state index contributed by atoms with van der Waals surface area (Å²) in [5.74, 6) is 0.738. The SMILES string of the molecule is Cc1ccc(OCC(=O)N2CCN(c3nc4c(Cl)cccc4s3)CC2)cc1. The quantitative estimate of drug-likeness (QED) is 0.663. The molecule has 0 saturated carbocycles. The van der Waals surface area contributed by atoms with Gasteiger partial charge in [-0.1, -0.05) is 46.7 Å². The monoisotopic (exact) mass is 401 g/mol. The number of amides is 1. The standard InChI is InChI=1S/C20H20ClN3O2S/c1-14-5-7-15(8-6-14)26-13-18(25)23-9-11-24(12-10-23)20-22-19-16(21)3-2-4-17(19)27-20/h2-8H,9-13H2,1H3. The van der Waals surface area contributed by atoms with Crippen LogP contribution in [0.5, 0.6) is 5.75 Å². The molecule has 0 spiro atoms. The first kappa shape index (κ1) is 18.1. The molecule has 1 aliphatic rings. The molecule has 1 fully saturated rings. The second kappa shape index (κ2) is 7.74. The largest absolute Gasteiger partial charge is 0.484 e. The number of fused-ring (bicyclic) bond motifs is 1. The number of halogens is 1. The number of thiazole rings is 1. The molecule has 1 saturated heterocycles. The van der Waals surface area contributed by atoms with E-state index in [0.717, 1.165) is 34.2 Å². The first-order valence-electron chi connectivity index (χ1n) is 8.87. The highest BCUT2D eigenvalue weighted by molar-refractivity contribution is 7.22. The van der Waals surface area contributed by atoms with Gasteiger partial charge in [-0.15, -0.1) is 0 Å². The summed E-state index contributed by atoms with van der Waals surface area (Å²) in [6.45, 7) is 4.94. The Kier molecular flexibility index (Phi) is 5.18. The second-order valence-electron chi connectivity index (χ2n) is 6.55. The molecule has 1 aliphatic heterocycles. The molecule has 5 nitrogen and oxygen atoms in total. The third kappa shape index (κ3) is 4.01. The number of anilines is 1. The minimum absolute atomic E-state index is 0.0163. The van der Waals surface area contributed by atoms with Crippen molar-refractivity contribution in [1.82, 2.24) is 9.88 Å². The zero-order chi connectivity index (χ0) is 18.8. The van der Waals surface area contributed by atoms with E-state index in [4.69, 9.17) is 16.3 Å². The van der Waals surface area contributed by atoms with Crippen LogP contribution >= 0.6 is 22.9 Å². The Balaban J connectivity index is 1.33. The topological polar surface area (TPSA) is 45.7 Å². The lowest BCUT2D eigenvalue weighted by atomic mass is 10.2. The Morgan fingerprint density at radius 1 is 1.15 bits per heavy atom. The Morgan fingerprint density at radius 2 is 1.89 bits per heavy atom. The van der Waals surface area contributed by atoms with Crippen LogP contribution in [0.15, 0.2) is 42.5 Å². The predicted molar refractivity (Wildman–Crippen MR) is 110 cm³/mol. The average Bonchev–Trinajstić information content (AvgIpc) is 3.13. The molecule has 0 radical (unpaired) electrons. The van der Waals surface area contributed by atoms with E-state index in [-0.39, 0.29) is 12.5 Å². The Morgan fingerprint density at radius 3 is 2.59 bits per heavy atom. The van der Waals surface area contributed by atoms with Gasteiger partial charge in [-0.2, -0.15) is 0 Å². The van der Waals surface area contributed by atoms with Crippen LogP contribution in [0.25, 0.3) is 10.2 Å². The number of benzene rings is 2. The fraction of sp³-hybridized carbons (Fsp3) is 0.300. The molecular weight excluding hydrogens is 382 g/mol. The molecule has 0 bridgehead atoms. The lowest BCUT2D eigenvalue weighted by molar-refractivity contribution is -0.133. The zero-order valence-electron chi connectivity index (χ0n) is 15.0. The van der Waals surface area contributed by atoms with Gasteiger partial charge in [-0.25, -0.2) is 4.98 Å². The summed E-state index contributed by atoms with van der Waals surface area (Å²) in [5, 5.41) is 1.64. The molecule has 27 heavy (non-hydrogen) atoms. The van der Waals surface area contributed by atoms with Crippen LogP contribution in [-0.2, 0) is 4.79 Å². The fourth-order valence-corrected chi connectivity index (χ4v) is 4.37. The maximum absolute atomic E-state index is 12.4. The molecule has 0 aliphatic carbocycles. The number of aromatic nitrogens is 1. The van der Waals surface area contributed by atoms with E-state index in [1.54, 1.807) is 11.3 Å². The molecule has 2 aromatic carbocycles. The molecule has 140 valence electrons. The van der Waals surface area contributed by atoms with Crippen molar-refractivity contribution in [2.24, 2.45) is 0 Å². The van der Waals surface area contributed by atoms with E-state index in [1.165, 1.54) is 5.56 Å². The lowest BCUT2D eigenvalue weighted by Gasteiger charge is -2.34. The third-order valence-corrected chi connectivity index (χ3v) is 6.03. The van der Waals surface area contributed by atoms with Crippen LogP contribution in [0, 0.1) is 6.92 Å². The van der Waals surface area contributed by atoms with Crippen LogP contribution in [0.1, 0.15) is 5.56 Å². The van der Waals surface area contributed by atoms with E-state index >= 15 is 0 Å². The van der Waals surface area contributed by atoms with Crippen LogP contribution in [0.2, 0.25) is 5.02 Å². The van der Waals surface area contributed by atoms with Crippen molar-refractivity contribution in [3.05, 3.63) is 53.1 Å². The molecular formula is C20H20ClN3O2S. The molecule has 1 amide bonds. The van der Waals surface area contributed by atoms with Gasteiger partial charge in [0.05, 0.1) is 9.72 Å². The van der Waals surface area contributed by atoms with E-state index in [9.17, 15) is 4.79 Å². The summed E-state index contributed by atoms with van der Waals surface area (Å²) in [6.07, 6.45) is 0. The molecule has 0 atom stereocenters. The van der Waals surface area contributed by atoms with Gasteiger partial charge in [0.15, 0.2) is 11.7 Å². The number of aryl methyl sites for hydroxylation is 1. The summed E-state index contributed by atoms with van der Waals surface area (Å²) in [5.41, 5.74) is 2.02. The summed E-state index contributed by atoms with van der Waals surface area (Å²) < 4.78 is 6.70. The van der Waals surface area contributed by atoms with E-state index in [1.807, 2.05) is 54.3 Å². The van der Waals surface area contributed by atoms with Crippen molar-refractivity contribution in [3.63, 3.8) is 0 Å². The molecule has 1 aromatic heterocycles. The van der Waals surface area contributed by atoms with Crippen LogP contribution < -0.4 is 9.64 Å². The molecule has 0 unspecified atom stereocenters. The smallest absolute Gasteiger partial charge is 0.260 e. The predicted octanol–water partition coefficient (Wildman–Crippen LogP) is 3.99. The zero-order valence-corrected chi connectivity index (χ0v) is 16.6. The summed E-state index contributed by atoms with van der Waals surface area (Å²) in [6, 6.07) is 13.6. The van der Waals surface area contributed by atoms with Crippen LogP contribution in [-0.4, -0.2) is 48.6 Å². The molecule has 3 aromatic rings. The van der Waals surface area contributed by atoms with Crippen LogP contribution in [0.4, 0.5) is 5.13 Å². The number of para-hydroxylation sites is 1. The number of ether oxygens (including phenoxy) is 1. The van der Waals surface area contributed by atoms with E-state index < -0.39 is 0 Å². The minimum atomic E-state index is 0.0163. The molecule has 4 rings (SSSR count). The highest BCUT2D eigenvalue weighted by Crippen LogP contribution is 2.33. The van der Waals surface area contributed by atoms with Gasteiger partial charge in [0.1, 0.15) is 11.3 Å². The van der Waals surface area contributed by atoms with Gasteiger partial charge in [0.2, 0.25) is 0 Å². The highest BCUT2D eigenvalue weighted by Gasteiger charge is 2.23. The van der Waals surface area contributed by atoms with Gasteiger partial charge in [0.25, 0.3) is 5.91 Å². The fourth-order valence-electron chi connectivity index (χ4n) is 3.06. The van der Waals surface area contributed by atoms with Gasteiger partial charge < -0.3 is 14.5 Å². The van der Waals surface area contributed by atoms with Gasteiger partial charge in [-0.3, -0.25) is 4.79 Å². The maximum Gasteiger partial charge on any atom is 0.260 e. The summed E-state index contributed by atoms with van der Waals surface area (Å²) in [7, 11) is 0. The second-order valence-corrected chi connectivity index (χ2v) is 7.97. The van der Waals surface area contributed by atoms with Crippen molar-refractivity contribution in [3.8, 4) is 5.75 Å². The first-order chi connectivity index (χ1) is 13.1. The Labute approximate surface area is 167 Å². The third-order valence-electron chi connectivity index (χ3n) is 4.64. The number of carbonyl (C=O) groups excluding carboxylic acids is 1. The number of rotatable bonds is 4. The molecule has 0 N–H and O–H groups in total. The van der Waals surface area contributed by atoms with E-state index in [2.05, 4.69) is 9.88 Å². The number of hydrogen-bond acceptors (Lipinski definition) is 5. The minimum Gasteiger partial charge on any atom is -0.484 e. The lowest BCUT2D eigenvalue weighted by Crippen LogP contribution is -2.50. The molecule has 7 heteroatoms. The van der Waals surface area contributed by atoms with Crippen molar-refractivity contribution in [2.45, 2.75) is 6.92 Å². The number of nitrogens with zero attached hydrogens (tertiary/aromatic N) is 3. The van der Waals surface area contributed by atoms with E-state index in [0.29, 0.717) is 18.1 Å². The normalized spacial score (nSPS) is 14.6. The van der Waals surface area contributed by atoms with Crippen molar-refractivity contribution < 1.29 is 9.53 Å². The maximum atomic E-state index is 12.4. The van der Waals surface area contributed by atoms with Crippen LogP contribution in [0.3, 0.4) is 0 Å². The number of piperazine rings is 1. The average molecular weight is 402 g/mol. The number of hydrogen-bond donors (Lipinski definition) is 0. The first-order valence-corrected chi connectivity index (χ1v) is 10.1. The molecule has 2 heterocycles. The highest BCUT2D eigenvalue weighted by atomic mass is 35.5. The van der Waals surface area contributed by atoms with Gasteiger partial charge in [0, 0.05) is 26.2 Å². The number of carbonyl (C=O) groups is 1.